The number of carbonyl (C=O) groups excluding carboxylic acids is 1. The number of rotatable bonds is 2. The smallest absolute Gasteiger partial charge is 0.244 e. The van der Waals surface area contributed by atoms with Crippen molar-refractivity contribution in [1.29, 1.82) is 0 Å². The number of benzene rings is 1. The van der Waals surface area contributed by atoms with Gasteiger partial charge in [-0.25, -0.2) is 4.98 Å². The quantitative estimate of drug-likeness (QED) is 0.728. The predicted octanol–water partition coefficient (Wildman–Crippen LogP) is 2.98. The second-order valence-electron chi connectivity index (χ2n) is 4.97. The van der Waals surface area contributed by atoms with Crippen LogP contribution >= 0.6 is 11.6 Å². The van der Waals surface area contributed by atoms with Crippen LogP contribution in [0.1, 0.15) is 0 Å². The maximum absolute atomic E-state index is 12.1. The second-order valence-corrected chi connectivity index (χ2v) is 5.31. The molecule has 7 nitrogen and oxygen atoms in total. The van der Waals surface area contributed by atoms with Crippen molar-refractivity contribution in [3.63, 3.8) is 0 Å². The van der Waals surface area contributed by atoms with Crippen LogP contribution in [0.5, 0.6) is 5.75 Å². The highest BCUT2D eigenvalue weighted by atomic mass is 35.5. The van der Waals surface area contributed by atoms with Crippen molar-refractivity contribution in [1.82, 2.24) is 9.97 Å². The number of methoxy groups -OCH3 is 1. The van der Waals surface area contributed by atoms with Crippen LogP contribution in [-0.2, 0) is 4.79 Å². The summed E-state index contributed by atoms with van der Waals surface area (Å²) in [6, 6.07) is 7.11. The number of halogens is 1. The summed E-state index contributed by atoms with van der Waals surface area (Å²) in [5.74, 6) is 0.932. The van der Waals surface area contributed by atoms with Gasteiger partial charge in [0.05, 0.1) is 24.7 Å². The number of hydrogen-bond donors (Lipinski definition) is 1. The molecule has 1 aliphatic heterocycles. The second kappa shape index (κ2) is 5.13. The van der Waals surface area contributed by atoms with E-state index in [-0.39, 0.29) is 17.7 Å². The molecule has 0 unspecified atom stereocenters. The molecule has 0 atom stereocenters. The summed E-state index contributed by atoms with van der Waals surface area (Å²) in [7, 11) is 1.57. The fourth-order valence-electron chi connectivity index (χ4n) is 2.59. The number of amides is 1. The molecule has 0 fully saturated rings. The Kier molecular flexibility index (Phi) is 3.09. The standard InChI is InChI=1S/C15H11ClN4O3/c1-22-8-2-3-11-10(6-8)17-12(21)7-20(11)14-13-9(4-5-23-13)18-15(16)19-14/h2-6H,7H2,1H3,(H,17,21). The van der Waals surface area contributed by atoms with E-state index in [9.17, 15) is 4.79 Å². The van der Waals surface area contributed by atoms with Crippen LogP contribution in [0.25, 0.3) is 11.1 Å². The molecular weight excluding hydrogens is 320 g/mol. The molecular formula is C15H11ClN4O3. The summed E-state index contributed by atoms with van der Waals surface area (Å²) >= 11 is 6.00. The van der Waals surface area contributed by atoms with Gasteiger partial charge in [0.1, 0.15) is 17.8 Å². The number of nitrogens with one attached hydrogen (secondary N) is 1. The minimum atomic E-state index is -0.166. The first-order valence-electron chi connectivity index (χ1n) is 6.82. The van der Waals surface area contributed by atoms with E-state index < -0.39 is 0 Å². The number of nitrogens with zero attached hydrogens (tertiary/aromatic N) is 3. The van der Waals surface area contributed by atoms with Crippen LogP contribution in [0.4, 0.5) is 17.2 Å². The molecule has 0 saturated carbocycles. The molecule has 23 heavy (non-hydrogen) atoms. The minimum absolute atomic E-state index is 0.0925. The number of carbonyl (C=O) groups is 1. The Morgan fingerprint density at radius 3 is 3.04 bits per heavy atom. The zero-order chi connectivity index (χ0) is 16.0. The van der Waals surface area contributed by atoms with Gasteiger partial charge in [-0.15, -0.1) is 0 Å². The number of aromatic nitrogens is 2. The first-order chi connectivity index (χ1) is 11.2. The lowest BCUT2D eigenvalue weighted by Gasteiger charge is -2.30. The van der Waals surface area contributed by atoms with Crippen LogP contribution in [0.2, 0.25) is 5.28 Å². The molecule has 1 aliphatic rings. The van der Waals surface area contributed by atoms with Gasteiger partial charge in [0.15, 0.2) is 11.4 Å². The van der Waals surface area contributed by atoms with Gasteiger partial charge in [-0.3, -0.25) is 4.79 Å². The first-order valence-corrected chi connectivity index (χ1v) is 7.19. The fourth-order valence-corrected chi connectivity index (χ4v) is 2.76. The molecule has 1 amide bonds. The highest BCUT2D eigenvalue weighted by molar-refractivity contribution is 6.28. The zero-order valence-electron chi connectivity index (χ0n) is 12.0. The molecule has 1 aromatic carbocycles. The van der Waals surface area contributed by atoms with Crippen molar-refractivity contribution in [3.05, 3.63) is 35.8 Å². The lowest BCUT2D eigenvalue weighted by molar-refractivity contribution is -0.115. The zero-order valence-corrected chi connectivity index (χ0v) is 12.8. The molecule has 0 saturated heterocycles. The number of ether oxygens (including phenoxy) is 1. The Bertz CT molecular complexity index is 924. The number of fused-ring (bicyclic) bond motifs is 2. The van der Waals surface area contributed by atoms with Crippen molar-refractivity contribution in [3.8, 4) is 5.75 Å². The highest BCUT2D eigenvalue weighted by Crippen LogP contribution is 2.39. The van der Waals surface area contributed by atoms with Crippen LogP contribution in [0.15, 0.2) is 34.9 Å². The lowest BCUT2D eigenvalue weighted by atomic mass is 10.1. The number of anilines is 3. The number of hydrogen-bond acceptors (Lipinski definition) is 6. The molecule has 0 spiro atoms. The molecule has 2 aromatic heterocycles. The van der Waals surface area contributed by atoms with Crippen molar-refractivity contribution in [2.45, 2.75) is 0 Å². The molecule has 4 rings (SSSR count). The van der Waals surface area contributed by atoms with Gasteiger partial charge in [-0.2, -0.15) is 4.98 Å². The molecule has 0 radical (unpaired) electrons. The van der Waals surface area contributed by atoms with E-state index in [0.717, 1.165) is 5.69 Å². The monoisotopic (exact) mass is 330 g/mol. The summed E-state index contributed by atoms with van der Waals surface area (Å²) in [6.07, 6.45) is 1.51. The van der Waals surface area contributed by atoms with Crippen LogP contribution in [-0.4, -0.2) is 29.5 Å². The SMILES string of the molecule is COc1ccc2c(c1)NC(=O)CN2c1nc(Cl)nc2ccoc12. The highest BCUT2D eigenvalue weighted by Gasteiger charge is 2.27. The molecule has 0 aliphatic carbocycles. The van der Waals surface area contributed by atoms with Crippen molar-refractivity contribution in [2.24, 2.45) is 0 Å². The van der Waals surface area contributed by atoms with E-state index in [4.69, 9.17) is 20.8 Å². The Labute approximate surface area is 135 Å². The molecule has 116 valence electrons. The van der Waals surface area contributed by atoms with Gasteiger partial charge in [0, 0.05) is 12.1 Å². The summed E-state index contributed by atoms with van der Waals surface area (Å²) in [5, 5.41) is 2.92. The third kappa shape index (κ3) is 2.25. The summed E-state index contributed by atoms with van der Waals surface area (Å²) < 4.78 is 10.7. The van der Waals surface area contributed by atoms with Gasteiger partial charge in [-0.05, 0) is 23.7 Å². The minimum Gasteiger partial charge on any atom is -0.497 e. The van der Waals surface area contributed by atoms with Gasteiger partial charge < -0.3 is 19.4 Å². The predicted molar refractivity (Wildman–Crippen MR) is 85.4 cm³/mol. The third-order valence-electron chi connectivity index (χ3n) is 3.58. The maximum atomic E-state index is 12.1. The molecule has 0 bridgehead atoms. The van der Waals surface area contributed by atoms with E-state index in [1.165, 1.54) is 6.26 Å². The Morgan fingerprint density at radius 2 is 2.22 bits per heavy atom. The summed E-state index contributed by atoms with van der Waals surface area (Å²) in [6.45, 7) is 0.0997. The summed E-state index contributed by atoms with van der Waals surface area (Å²) in [4.78, 5) is 22.2. The Morgan fingerprint density at radius 1 is 1.35 bits per heavy atom. The van der Waals surface area contributed by atoms with Gasteiger partial charge >= 0.3 is 0 Å². The van der Waals surface area contributed by atoms with Gasteiger partial charge in [-0.1, -0.05) is 0 Å². The van der Waals surface area contributed by atoms with Crippen molar-refractivity contribution in [2.75, 3.05) is 23.9 Å². The van der Waals surface area contributed by atoms with Crippen molar-refractivity contribution >= 4 is 45.8 Å². The molecule has 8 heteroatoms. The van der Waals surface area contributed by atoms with E-state index in [2.05, 4.69) is 15.3 Å². The Balaban J connectivity index is 1.92. The van der Waals surface area contributed by atoms with E-state index in [1.54, 1.807) is 24.1 Å². The van der Waals surface area contributed by atoms with Gasteiger partial charge in [0.2, 0.25) is 11.2 Å². The third-order valence-corrected chi connectivity index (χ3v) is 3.75. The maximum Gasteiger partial charge on any atom is 0.244 e. The molecule has 3 aromatic rings. The summed E-state index contributed by atoms with van der Waals surface area (Å²) in [5.41, 5.74) is 2.47. The van der Waals surface area contributed by atoms with E-state index >= 15 is 0 Å². The largest absolute Gasteiger partial charge is 0.497 e. The lowest BCUT2D eigenvalue weighted by Crippen LogP contribution is -2.35. The van der Waals surface area contributed by atoms with E-state index in [0.29, 0.717) is 28.4 Å². The molecule has 3 heterocycles. The van der Waals surface area contributed by atoms with E-state index in [1.807, 2.05) is 12.1 Å². The number of furan rings is 1. The first kappa shape index (κ1) is 13.8. The molecule has 1 N–H and O–H groups in total. The topological polar surface area (TPSA) is 80.5 Å². The van der Waals surface area contributed by atoms with Crippen LogP contribution in [0, 0.1) is 0 Å². The Hall–Kier alpha value is -2.80. The van der Waals surface area contributed by atoms with Crippen LogP contribution < -0.4 is 15.0 Å². The van der Waals surface area contributed by atoms with Crippen molar-refractivity contribution < 1.29 is 13.9 Å². The van der Waals surface area contributed by atoms with Gasteiger partial charge in [0.25, 0.3) is 0 Å². The fraction of sp³-hybridized carbons (Fsp3) is 0.133. The normalized spacial score (nSPS) is 13.8. The average molecular weight is 331 g/mol. The van der Waals surface area contributed by atoms with Crippen LogP contribution in [0.3, 0.4) is 0 Å². The average Bonchev–Trinajstić information content (AvgIpc) is 3.00.